The van der Waals surface area contributed by atoms with Crippen molar-refractivity contribution in [3.63, 3.8) is 0 Å². The Hall–Kier alpha value is -0.880. The highest BCUT2D eigenvalue weighted by molar-refractivity contribution is 14.1. The molecule has 0 amide bonds. The van der Waals surface area contributed by atoms with E-state index in [1.165, 1.54) is 0 Å². The van der Waals surface area contributed by atoms with E-state index in [1.807, 2.05) is 24.4 Å². The molecule has 1 aromatic carbocycles. The van der Waals surface area contributed by atoms with E-state index in [1.54, 1.807) is 0 Å². The highest BCUT2D eigenvalue weighted by Crippen LogP contribution is 2.25. The first-order chi connectivity index (χ1) is 8.25. The maximum Gasteiger partial charge on any atom is 0.145 e. The van der Waals surface area contributed by atoms with Gasteiger partial charge >= 0.3 is 0 Å². The molecule has 0 aliphatic carbocycles. The molecular weight excluding hydrogens is 391 g/mol. The average molecular weight is 399 g/mol. The lowest BCUT2D eigenvalue weighted by molar-refractivity contribution is 1.06. The van der Waals surface area contributed by atoms with Crippen molar-refractivity contribution in [1.29, 1.82) is 0 Å². The topological polar surface area (TPSA) is 17.8 Å². The second-order valence-electron chi connectivity index (χ2n) is 3.70. The summed E-state index contributed by atoms with van der Waals surface area (Å²) in [6, 6.07) is 14.5. The van der Waals surface area contributed by atoms with Crippen LogP contribution in [0.2, 0.25) is 0 Å². The summed E-state index contributed by atoms with van der Waals surface area (Å²) in [4.78, 5) is 4.49. The normalized spacial score (nSPS) is 10.9. The molecule has 2 heterocycles. The first-order valence-corrected chi connectivity index (χ1v) is 7.01. The van der Waals surface area contributed by atoms with Crippen LogP contribution in [0.15, 0.2) is 53.1 Å². The molecule has 4 heteroatoms. The second-order valence-corrected chi connectivity index (χ2v) is 5.73. The summed E-state index contributed by atoms with van der Waals surface area (Å²) in [6.45, 7) is 0. The first kappa shape index (κ1) is 11.2. The third-order valence-corrected chi connectivity index (χ3v) is 3.80. The molecule has 0 fully saturated rings. The number of rotatable bonds is 1. The van der Waals surface area contributed by atoms with Gasteiger partial charge in [0.1, 0.15) is 5.65 Å². The van der Waals surface area contributed by atoms with Gasteiger partial charge in [0.05, 0.1) is 3.70 Å². The quantitative estimate of drug-likeness (QED) is 0.556. The summed E-state index contributed by atoms with van der Waals surface area (Å²) in [5.74, 6) is 0. The van der Waals surface area contributed by atoms with Crippen LogP contribution in [0.1, 0.15) is 0 Å². The maximum atomic E-state index is 4.49. The van der Waals surface area contributed by atoms with Gasteiger partial charge in [0, 0.05) is 21.7 Å². The minimum atomic E-state index is 0.990. The zero-order valence-electron chi connectivity index (χ0n) is 8.77. The molecule has 0 unspecified atom stereocenters. The molecule has 0 saturated carbocycles. The van der Waals surface area contributed by atoms with Crippen LogP contribution in [0.3, 0.4) is 0 Å². The SMILES string of the molecule is Brc1cnc2c(c1)cc(I)n2-c1ccccc1. The monoisotopic (exact) mass is 398 g/mol. The molecular formula is C13H8BrIN2. The molecule has 0 saturated heterocycles. The van der Waals surface area contributed by atoms with Crippen molar-refractivity contribution >= 4 is 49.6 Å². The van der Waals surface area contributed by atoms with E-state index < -0.39 is 0 Å². The van der Waals surface area contributed by atoms with Gasteiger partial charge in [-0.15, -0.1) is 0 Å². The number of hydrogen-bond donors (Lipinski definition) is 0. The number of hydrogen-bond acceptors (Lipinski definition) is 1. The number of benzene rings is 1. The van der Waals surface area contributed by atoms with Crippen LogP contribution in [0.5, 0.6) is 0 Å². The minimum absolute atomic E-state index is 0.990. The van der Waals surface area contributed by atoms with Crippen LogP contribution in [0.25, 0.3) is 16.7 Å². The smallest absolute Gasteiger partial charge is 0.145 e. The zero-order valence-corrected chi connectivity index (χ0v) is 12.5. The fourth-order valence-electron chi connectivity index (χ4n) is 1.86. The van der Waals surface area contributed by atoms with E-state index in [2.05, 4.69) is 72.3 Å². The van der Waals surface area contributed by atoms with E-state index in [4.69, 9.17) is 0 Å². The Balaban J connectivity index is 2.33. The summed E-state index contributed by atoms with van der Waals surface area (Å²) in [7, 11) is 0. The lowest BCUT2D eigenvalue weighted by Gasteiger charge is -2.05. The van der Waals surface area contributed by atoms with Crippen molar-refractivity contribution in [2.75, 3.05) is 0 Å². The zero-order chi connectivity index (χ0) is 11.8. The standard InChI is InChI=1S/C13H8BrIN2/c14-10-6-9-7-12(15)17(13(9)16-8-10)11-4-2-1-3-5-11/h1-8H. The predicted molar refractivity (Wildman–Crippen MR) is 81.5 cm³/mol. The summed E-state index contributed by atoms with van der Waals surface area (Å²) in [5, 5.41) is 1.15. The van der Waals surface area contributed by atoms with Gasteiger partial charge in [-0.3, -0.25) is 4.57 Å². The molecule has 0 bridgehead atoms. The molecule has 2 aromatic heterocycles. The lowest BCUT2D eigenvalue weighted by atomic mass is 10.3. The number of halogens is 2. The largest absolute Gasteiger partial charge is 0.289 e. The molecule has 3 rings (SSSR count). The Kier molecular flexibility index (Phi) is 2.92. The van der Waals surface area contributed by atoms with Crippen molar-refractivity contribution in [3.8, 4) is 5.69 Å². The Labute approximate surface area is 121 Å². The van der Waals surface area contributed by atoms with Crippen LogP contribution >= 0.6 is 38.5 Å². The Morgan fingerprint density at radius 1 is 1.12 bits per heavy atom. The maximum absolute atomic E-state index is 4.49. The molecule has 84 valence electrons. The molecule has 0 N–H and O–H groups in total. The van der Waals surface area contributed by atoms with E-state index in [-0.39, 0.29) is 0 Å². The Morgan fingerprint density at radius 3 is 2.65 bits per heavy atom. The third kappa shape index (κ3) is 1.99. The van der Waals surface area contributed by atoms with Crippen molar-refractivity contribution in [1.82, 2.24) is 9.55 Å². The van der Waals surface area contributed by atoms with Crippen LogP contribution in [0.4, 0.5) is 0 Å². The van der Waals surface area contributed by atoms with E-state index in [9.17, 15) is 0 Å². The third-order valence-electron chi connectivity index (χ3n) is 2.58. The summed E-state index contributed by atoms with van der Waals surface area (Å²) in [6.07, 6.45) is 1.83. The number of fused-ring (bicyclic) bond motifs is 1. The molecule has 0 aliphatic rings. The molecule has 0 radical (unpaired) electrons. The number of nitrogens with zero attached hydrogens (tertiary/aromatic N) is 2. The second kappa shape index (κ2) is 4.42. The van der Waals surface area contributed by atoms with Crippen molar-refractivity contribution in [2.24, 2.45) is 0 Å². The number of pyridine rings is 1. The first-order valence-electron chi connectivity index (χ1n) is 5.13. The summed E-state index contributed by atoms with van der Waals surface area (Å²) in [5.41, 5.74) is 2.13. The minimum Gasteiger partial charge on any atom is -0.289 e. The van der Waals surface area contributed by atoms with Gasteiger partial charge in [-0.2, -0.15) is 0 Å². The molecule has 3 aromatic rings. The fourth-order valence-corrected chi connectivity index (χ4v) is 3.05. The van der Waals surface area contributed by atoms with Crippen molar-refractivity contribution in [3.05, 3.63) is 56.8 Å². The van der Waals surface area contributed by atoms with Gasteiger partial charge in [-0.1, -0.05) is 18.2 Å². The van der Waals surface area contributed by atoms with Crippen LogP contribution < -0.4 is 0 Å². The molecule has 17 heavy (non-hydrogen) atoms. The summed E-state index contributed by atoms with van der Waals surface area (Å²) < 4.78 is 4.32. The van der Waals surface area contributed by atoms with E-state index >= 15 is 0 Å². The van der Waals surface area contributed by atoms with Crippen molar-refractivity contribution < 1.29 is 0 Å². The highest BCUT2D eigenvalue weighted by atomic mass is 127. The molecule has 2 nitrogen and oxygen atoms in total. The summed E-state index contributed by atoms with van der Waals surface area (Å²) >= 11 is 5.78. The predicted octanol–water partition coefficient (Wildman–Crippen LogP) is 4.39. The van der Waals surface area contributed by atoms with Gasteiger partial charge in [-0.05, 0) is 62.8 Å². The fraction of sp³-hybridized carbons (Fsp3) is 0. The number of aromatic nitrogens is 2. The Morgan fingerprint density at radius 2 is 1.88 bits per heavy atom. The van der Waals surface area contributed by atoms with Gasteiger partial charge < -0.3 is 0 Å². The van der Waals surface area contributed by atoms with Crippen LogP contribution in [-0.2, 0) is 0 Å². The van der Waals surface area contributed by atoms with Crippen LogP contribution in [0, 0.1) is 3.70 Å². The highest BCUT2D eigenvalue weighted by Gasteiger charge is 2.09. The molecule has 0 aliphatic heterocycles. The molecule has 0 atom stereocenters. The average Bonchev–Trinajstić information content (AvgIpc) is 2.65. The van der Waals surface area contributed by atoms with E-state index in [0.717, 1.165) is 24.9 Å². The van der Waals surface area contributed by atoms with Crippen LogP contribution in [-0.4, -0.2) is 9.55 Å². The van der Waals surface area contributed by atoms with Crippen molar-refractivity contribution in [2.45, 2.75) is 0 Å². The van der Waals surface area contributed by atoms with Gasteiger partial charge in [-0.25, -0.2) is 4.98 Å². The van der Waals surface area contributed by atoms with Gasteiger partial charge in [0.2, 0.25) is 0 Å². The van der Waals surface area contributed by atoms with E-state index in [0.29, 0.717) is 0 Å². The van der Waals surface area contributed by atoms with Gasteiger partial charge in [0.15, 0.2) is 0 Å². The lowest BCUT2D eigenvalue weighted by Crippen LogP contribution is -1.96. The number of para-hydroxylation sites is 1. The van der Waals surface area contributed by atoms with Gasteiger partial charge in [0.25, 0.3) is 0 Å². The Bertz CT molecular complexity index is 676. The molecule has 0 spiro atoms.